The largest absolute Gasteiger partial charge is 0.394 e. The highest BCUT2D eigenvalue weighted by molar-refractivity contribution is 6.54. The number of hydrogen-bond acceptors (Lipinski definition) is 6. The lowest BCUT2D eigenvalue weighted by Gasteiger charge is -2.16. The molecule has 0 amide bonds. The Labute approximate surface area is 144 Å². The Morgan fingerprint density at radius 3 is 2.96 bits per heavy atom. The molecule has 4 rings (SSSR count). The number of rotatable bonds is 4. The van der Waals surface area contributed by atoms with E-state index in [2.05, 4.69) is 15.1 Å². The number of oxime groups is 1. The Morgan fingerprint density at radius 1 is 1.24 bits per heavy atom. The van der Waals surface area contributed by atoms with Gasteiger partial charge < -0.3 is 9.74 Å². The van der Waals surface area contributed by atoms with Gasteiger partial charge in [0.1, 0.15) is 23.6 Å². The van der Waals surface area contributed by atoms with Crippen molar-refractivity contribution in [3.8, 4) is 11.3 Å². The maximum Gasteiger partial charge on any atom is 0.234 e. The second-order valence-electron chi connectivity index (χ2n) is 6.06. The van der Waals surface area contributed by atoms with Crippen molar-refractivity contribution in [1.82, 2.24) is 19.3 Å². The van der Waals surface area contributed by atoms with Gasteiger partial charge in [0.05, 0.1) is 0 Å². The van der Waals surface area contributed by atoms with Crippen LogP contribution in [0.15, 0.2) is 48.0 Å². The van der Waals surface area contributed by atoms with Crippen molar-refractivity contribution in [2.75, 3.05) is 27.2 Å². The molecule has 0 aliphatic heterocycles. The van der Waals surface area contributed by atoms with E-state index < -0.39 is 0 Å². The van der Waals surface area contributed by atoms with E-state index in [1.54, 1.807) is 16.8 Å². The zero-order valence-electron chi connectivity index (χ0n) is 14.0. The lowest BCUT2D eigenvalue weighted by atomic mass is 9.91. The van der Waals surface area contributed by atoms with Gasteiger partial charge in [0, 0.05) is 36.3 Å². The molecule has 25 heavy (non-hydrogen) atoms. The van der Waals surface area contributed by atoms with Crippen LogP contribution < -0.4 is 0 Å². The first-order valence-corrected chi connectivity index (χ1v) is 7.98. The standard InChI is InChI=1S/C18H17N5O2/c1-22(2)9-10-25-21-16-13-11-19-7-6-12(13)15-17(18(16)24)23-8-4-3-5-14(23)20-15/h3-8,11H,9-10H2,1-2H3/b21-16-. The van der Waals surface area contributed by atoms with Gasteiger partial charge >= 0.3 is 0 Å². The highest BCUT2D eigenvalue weighted by Crippen LogP contribution is 2.33. The van der Waals surface area contributed by atoms with Crippen molar-refractivity contribution in [1.29, 1.82) is 0 Å². The third kappa shape index (κ3) is 2.58. The Morgan fingerprint density at radius 2 is 2.12 bits per heavy atom. The molecule has 0 aromatic carbocycles. The van der Waals surface area contributed by atoms with Gasteiger partial charge in [-0.2, -0.15) is 0 Å². The minimum atomic E-state index is -0.209. The van der Waals surface area contributed by atoms with Crippen LogP contribution in [0.1, 0.15) is 16.1 Å². The number of aromatic nitrogens is 3. The minimum absolute atomic E-state index is 0.209. The highest BCUT2D eigenvalue weighted by atomic mass is 16.6. The Balaban J connectivity index is 1.83. The molecule has 0 N–H and O–H groups in total. The van der Waals surface area contributed by atoms with E-state index in [0.29, 0.717) is 30.1 Å². The summed E-state index contributed by atoms with van der Waals surface area (Å²) in [6.45, 7) is 1.12. The number of carbonyl (C=O) groups is 1. The summed E-state index contributed by atoms with van der Waals surface area (Å²) in [5, 5.41) is 4.12. The van der Waals surface area contributed by atoms with E-state index in [0.717, 1.165) is 11.2 Å². The third-order valence-electron chi connectivity index (χ3n) is 4.08. The molecule has 1 aliphatic rings. The predicted molar refractivity (Wildman–Crippen MR) is 93.8 cm³/mol. The molecule has 126 valence electrons. The SMILES string of the molecule is CN(C)CCO/N=C1\C(=O)c2c(nc3ccccn23)-c2ccncc21. The van der Waals surface area contributed by atoms with Crippen LogP contribution in [0.5, 0.6) is 0 Å². The quantitative estimate of drug-likeness (QED) is 0.538. The van der Waals surface area contributed by atoms with Crippen molar-refractivity contribution >= 4 is 17.1 Å². The summed E-state index contributed by atoms with van der Waals surface area (Å²) in [4.78, 5) is 29.2. The van der Waals surface area contributed by atoms with Gasteiger partial charge in [-0.3, -0.25) is 14.2 Å². The van der Waals surface area contributed by atoms with Crippen LogP contribution in [-0.2, 0) is 4.84 Å². The summed E-state index contributed by atoms with van der Waals surface area (Å²) in [6.07, 6.45) is 5.15. The summed E-state index contributed by atoms with van der Waals surface area (Å²) in [5.74, 6) is -0.209. The molecule has 7 heteroatoms. The molecule has 3 aromatic rings. The topological polar surface area (TPSA) is 72.1 Å². The number of fused-ring (bicyclic) bond motifs is 5. The molecule has 3 aromatic heterocycles. The van der Waals surface area contributed by atoms with E-state index >= 15 is 0 Å². The number of likely N-dealkylation sites (N-methyl/N-ethyl adjacent to an activating group) is 1. The summed E-state index contributed by atoms with van der Waals surface area (Å²) in [6, 6.07) is 7.49. The van der Waals surface area contributed by atoms with Crippen LogP contribution in [0.25, 0.3) is 16.9 Å². The molecule has 0 atom stereocenters. The van der Waals surface area contributed by atoms with Crippen molar-refractivity contribution in [2.24, 2.45) is 5.16 Å². The molecule has 0 spiro atoms. The molecule has 0 saturated heterocycles. The second kappa shape index (κ2) is 6.10. The maximum atomic E-state index is 13.1. The van der Waals surface area contributed by atoms with Gasteiger partial charge in [0.15, 0.2) is 5.71 Å². The first-order valence-electron chi connectivity index (χ1n) is 7.98. The predicted octanol–water partition coefficient (Wildman–Crippen LogP) is 1.87. The third-order valence-corrected chi connectivity index (χ3v) is 4.08. The molecular formula is C18H17N5O2. The first-order chi connectivity index (χ1) is 12.2. The molecule has 0 saturated carbocycles. The van der Waals surface area contributed by atoms with Crippen LogP contribution in [0.4, 0.5) is 0 Å². The average Bonchev–Trinajstić information content (AvgIpc) is 3.01. The zero-order chi connectivity index (χ0) is 17.4. The number of hydrogen-bond donors (Lipinski definition) is 0. The van der Waals surface area contributed by atoms with Gasteiger partial charge in [0.2, 0.25) is 5.78 Å². The van der Waals surface area contributed by atoms with Crippen LogP contribution in [0.2, 0.25) is 0 Å². The fourth-order valence-electron chi connectivity index (χ4n) is 2.85. The van der Waals surface area contributed by atoms with Crippen molar-refractivity contribution in [3.63, 3.8) is 0 Å². The molecule has 0 bridgehead atoms. The molecule has 0 unspecified atom stereocenters. The maximum absolute atomic E-state index is 13.1. The summed E-state index contributed by atoms with van der Waals surface area (Å²) in [5.41, 5.74) is 3.63. The van der Waals surface area contributed by atoms with Gasteiger partial charge in [-0.05, 0) is 32.3 Å². The molecular weight excluding hydrogens is 318 g/mol. The van der Waals surface area contributed by atoms with Crippen LogP contribution in [0.3, 0.4) is 0 Å². The fraction of sp³-hybridized carbons (Fsp3) is 0.222. The van der Waals surface area contributed by atoms with Crippen LogP contribution in [-0.4, -0.2) is 58.0 Å². The number of imidazole rings is 1. The number of pyridine rings is 2. The van der Waals surface area contributed by atoms with Gasteiger partial charge in [-0.1, -0.05) is 11.2 Å². The number of carbonyl (C=O) groups excluding carboxylic acids is 1. The second-order valence-corrected chi connectivity index (χ2v) is 6.06. The van der Waals surface area contributed by atoms with E-state index in [1.807, 2.05) is 49.5 Å². The minimum Gasteiger partial charge on any atom is -0.394 e. The van der Waals surface area contributed by atoms with Crippen molar-refractivity contribution in [2.45, 2.75) is 0 Å². The van der Waals surface area contributed by atoms with E-state index in [4.69, 9.17) is 4.84 Å². The van der Waals surface area contributed by atoms with Crippen LogP contribution >= 0.6 is 0 Å². The van der Waals surface area contributed by atoms with E-state index in [-0.39, 0.29) is 11.5 Å². The van der Waals surface area contributed by atoms with Crippen molar-refractivity contribution in [3.05, 3.63) is 54.1 Å². The zero-order valence-corrected chi connectivity index (χ0v) is 14.0. The van der Waals surface area contributed by atoms with Gasteiger partial charge in [-0.15, -0.1) is 0 Å². The molecule has 0 fully saturated rings. The van der Waals surface area contributed by atoms with Crippen LogP contribution in [0, 0.1) is 0 Å². The lowest BCUT2D eigenvalue weighted by molar-refractivity contribution is 0.103. The highest BCUT2D eigenvalue weighted by Gasteiger charge is 2.33. The van der Waals surface area contributed by atoms with E-state index in [9.17, 15) is 4.79 Å². The number of Topliss-reactive ketones (excluding diaryl/α,β-unsaturated/α-hetero) is 1. The van der Waals surface area contributed by atoms with E-state index in [1.165, 1.54) is 0 Å². The molecule has 7 nitrogen and oxygen atoms in total. The monoisotopic (exact) mass is 335 g/mol. The number of nitrogens with zero attached hydrogens (tertiary/aromatic N) is 5. The number of ketones is 1. The Bertz CT molecular complexity index is 990. The Hall–Kier alpha value is -3.06. The van der Waals surface area contributed by atoms with Crippen molar-refractivity contribution < 1.29 is 9.63 Å². The summed E-state index contributed by atoms with van der Waals surface area (Å²) < 4.78 is 1.79. The fourth-order valence-corrected chi connectivity index (χ4v) is 2.85. The first kappa shape index (κ1) is 15.5. The lowest BCUT2D eigenvalue weighted by Crippen LogP contribution is -2.25. The van der Waals surface area contributed by atoms with Gasteiger partial charge in [-0.25, -0.2) is 4.98 Å². The normalized spacial score (nSPS) is 14.8. The Kier molecular flexibility index (Phi) is 3.77. The summed E-state index contributed by atoms with van der Waals surface area (Å²) in [7, 11) is 3.90. The summed E-state index contributed by atoms with van der Waals surface area (Å²) >= 11 is 0. The smallest absolute Gasteiger partial charge is 0.234 e. The molecule has 0 radical (unpaired) electrons. The molecule has 1 aliphatic carbocycles. The van der Waals surface area contributed by atoms with Gasteiger partial charge in [0.25, 0.3) is 0 Å². The molecule has 3 heterocycles. The average molecular weight is 335 g/mol.